The fraction of sp³-hybridized carbons (Fsp3) is 1.00. The van der Waals surface area contributed by atoms with Crippen molar-refractivity contribution in [2.75, 3.05) is 32.1 Å². The van der Waals surface area contributed by atoms with Crippen LogP contribution in [0.3, 0.4) is 0 Å². The number of nitrogens with two attached hydrogens (primary N) is 1. The lowest BCUT2D eigenvalue weighted by Gasteiger charge is -2.55. The number of thioether (sulfide) groups is 1. The van der Waals surface area contributed by atoms with Crippen LogP contribution < -0.4 is 5.73 Å². The van der Waals surface area contributed by atoms with E-state index in [-0.39, 0.29) is 5.54 Å². The van der Waals surface area contributed by atoms with Gasteiger partial charge >= 0.3 is 0 Å². The van der Waals surface area contributed by atoms with Crippen LogP contribution in [0.2, 0.25) is 0 Å². The summed E-state index contributed by atoms with van der Waals surface area (Å²) in [6.45, 7) is 11.5. The predicted octanol–water partition coefficient (Wildman–Crippen LogP) is 3.22. The summed E-state index contributed by atoms with van der Waals surface area (Å²) in [5.74, 6) is 1.19. The van der Waals surface area contributed by atoms with Gasteiger partial charge in [-0.05, 0) is 43.4 Å². The van der Waals surface area contributed by atoms with Crippen LogP contribution in [0.15, 0.2) is 0 Å². The topological polar surface area (TPSA) is 29.3 Å². The summed E-state index contributed by atoms with van der Waals surface area (Å²) in [6, 6.07) is 0. The smallest absolute Gasteiger partial charge is 0.0339 e. The Balaban J connectivity index is 2.91. The summed E-state index contributed by atoms with van der Waals surface area (Å²) in [6.07, 6.45) is 5.94. The molecule has 108 valence electrons. The molecule has 2 nitrogen and oxygen atoms in total. The van der Waals surface area contributed by atoms with E-state index in [1.54, 1.807) is 0 Å². The van der Waals surface area contributed by atoms with Crippen LogP contribution in [0.1, 0.15) is 47.0 Å². The molecule has 1 aliphatic carbocycles. The van der Waals surface area contributed by atoms with E-state index in [2.05, 4.69) is 45.9 Å². The van der Waals surface area contributed by atoms with Crippen LogP contribution in [0.4, 0.5) is 0 Å². The third-order valence-electron chi connectivity index (χ3n) is 4.39. The van der Waals surface area contributed by atoms with E-state index < -0.39 is 0 Å². The van der Waals surface area contributed by atoms with Gasteiger partial charge in [-0.3, -0.25) is 4.90 Å². The van der Waals surface area contributed by atoms with E-state index >= 15 is 0 Å². The molecule has 1 saturated carbocycles. The standard InChI is InChI=1S/C15H32N2S/c1-13(2)9-14(3,4)11-15(10-13,12-16)17(5)7-8-18-6/h7-12,16H2,1-6H3. The maximum atomic E-state index is 6.20. The molecule has 0 unspecified atom stereocenters. The summed E-state index contributed by atoms with van der Waals surface area (Å²) < 4.78 is 0. The highest BCUT2D eigenvalue weighted by atomic mass is 32.2. The molecule has 0 bridgehead atoms. The van der Waals surface area contributed by atoms with Gasteiger partial charge in [0.2, 0.25) is 0 Å². The van der Waals surface area contributed by atoms with Gasteiger partial charge in [0.05, 0.1) is 0 Å². The van der Waals surface area contributed by atoms with Gasteiger partial charge in [-0.1, -0.05) is 27.7 Å². The Hall–Kier alpha value is 0.270. The zero-order chi connectivity index (χ0) is 14.0. The quantitative estimate of drug-likeness (QED) is 0.833. The molecule has 0 atom stereocenters. The largest absolute Gasteiger partial charge is 0.329 e. The Morgan fingerprint density at radius 3 is 1.94 bits per heavy atom. The first-order chi connectivity index (χ1) is 8.16. The van der Waals surface area contributed by atoms with Crippen LogP contribution in [0.5, 0.6) is 0 Å². The highest BCUT2D eigenvalue weighted by Crippen LogP contribution is 2.51. The monoisotopic (exact) mass is 272 g/mol. The third kappa shape index (κ3) is 3.88. The van der Waals surface area contributed by atoms with Crippen molar-refractivity contribution in [2.24, 2.45) is 16.6 Å². The molecule has 18 heavy (non-hydrogen) atoms. The van der Waals surface area contributed by atoms with Crippen LogP contribution in [0.25, 0.3) is 0 Å². The summed E-state index contributed by atoms with van der Waals surface area (Å²) in [4.78, 5) is 2.53. The van der Waals surface area contributed by atoms with Crippen LogP contribution in [-0.2, 0) is 0 Å². The fourth-order valence-corrected chi connectivity index (χ4v) is 4.76. The highest BCUT2D eigenvalue weighted by molar-refractivity contribution is 7.98. The van der Waals surface area contributed by atoms with Crippen LogP contribution in [0, 0.1) is 10.8 Å². The van der Waals surface area contributed by atoms with Crippen molar-refractivity contribution >= 4 is 11.8 Å². The normalized spacial score (nSPS) is 25.3. The first-order valence-corrected chi connectivity index (χ1v) is 8.46. The Morgan fingerprint density at radius 1 is 1.06 bits per heavy atom. The number of hydrogen-bond acceptors (Lipinski definition) is 3. The maximum Gasteiger partial charge on any atom is 0.0339 e. The van der Waals surface area contributed by atoms with Crippen molar-refractivity contribution in [1.29, 1.82) is 0 Å². The second-order valence-electron chi connectivity index (χ2n) is 7.70. The van der Waals surface area contributed by atoms with Crippen LogP contribution >= 0.6 is 11.8 Å². The lowest BCUT2D eigenvalue weighted by atomic mass is 9.58. The first-order valence-electron chi connectivity index (χ1n) is 7.07. The van der Waals surface area contributed by atoms with Gasteiger partial charge in [-0.2, -0.15) is 11.8 Å². The Morgan fingerprint density at radius 2 is 1.56 bits per heavy atom. The Labute approximate surface area is 118 Å². The van der Waals surface area contributed by atoms with Gasteiger partial charge < -0.3 is 5.73 Å². The number of likely N-dealkylation sites (N-methyl/N-ethyl adjacent to an activating group) is 1. The molecular weight excluding hydrogens is 240 g/mol. The van der Waals surface area contributed by atoms with Crippen molar-refractivity contribution < 1.29 is 0 Å². The minimum atomic E-state index is 0.195. The van der Waals surface area contributed by atoms with Crippen molar-refractivity contribution in [2.45, 2.75) is 52.5 Å². The molecule has 0 spiro atoms. The SMILES string of the molecule is CSCCN(C)C1(CN)CC(C)(C)CC(C)(C)C1. The van der Waals surface area contributed by atoms with E-state index in [4.69, 9.17) is 5.73 Å². The number of rotatable bonds is 5. The highest BCUT2D eigenvalue weighted by Gasteiger charge is 2.48. The molecule has 0 amide bonds. The minimum absolute atomic E-state index is 0.195. The molecule has 1 rings (SSSR count). The van der Waals surface area contributed by atoms with Crippen molar-refractivity contribution in [3.63, 3.8) is 0 Å². The van der Waals surface area contributed by atoms with Crippen LogP contribution in [-0.4, -0.2) is 42.6 Å². The molecule has 1 aliphatic rings. The Bertz CT molecular complexity index is 258. The van der Waals surface area contributed by atoms with Crippen molar-refractivity contribution in [3.05, 3.63) is 0 Å². The van der Waals surface area contributed by atoms with E-state index in [0.29, 0.717) is 10.8 Å². The summed E-state index contributed by atoms with van der Waals surface area (Å²) >= 11 is 1.92. The molecule has 0 saturated heterocycles. The summed E-state index contributed by atoms with van der Waals surface area (Å²) in [7, 11) is 2.26. The Kier molecular flexibility index (Phi) is 5.19. The van der Waals surface area contributed by atoms with E-state index in [1.807, 2.05) is 11.8 Å². The average molecular weight is 273 g/mol. The van der Waals surface area contributed by atoms with Gasteiger partial charge in [-0.15, -0.1) is 0 Å². The van der Waals surface area contributed by atoms with E-state index in [1.165, 1.54) is 25.0 Å². The van der Waals surface area contributed by atoms with Gasteiger partial charge in [0.1, 0.15) is 0 Å². The number of hydrogen-bond donors (Lipinski definition) is 1. The first kappa shape index (κ1) is 16.3. The second kappa shape index (κ2) is 5.72. The summed E-state index contributed by atoms with van der Waals surface area (Å²) in [5.41, 5.74) is 7.20. The summed E-state index contributed by atoms with van der Waals surface area (Å²) in [5, 5.41) is 0. The molecule has 1 fully saturated rings. The lowest BCUT2D eigenvalue weighted by molar-refractivity contribution is -0.0294. The molecule has 0 heterocycles. The average Bonchev–Trinajstić information content (AvgIpc) is 2.21. The zero-order valence-corrected chi connectivity index (χ0v) is 14.0. The molecule has 3 heteroatoms. The predicted molar refractivity (Wildman–Crippen MR) is 84.2 cm³/mol. The molecule has 0 aromatic heterocycles. The lowest BCUT2D eigenvalue weighted by Crippen LogP contribution is -2.60. The molecule has 0 aliphatic heterocycles. The van der Waals surface area contributed by atoms with Gasteiger partial charge in [-0.25, -0.2) is 0 Å². The van der Waals surface area contributed by atoms with Crippen molar-refractivity contribution in [1.82, 2.24) is 4.90 Å². The van der Waals surface area contributed by atoms with E-state index in [9.17, 15) is 0 Å². The second-order valence-corrected chi connectivity index (χ2v) is 8.69. The molecular formula is C15H32N2S. The van der Waals surface area contributed by atoms with E-state index in [0.717, 1.165) is 13.1 Å². The molecule has 0 aromatic carbocycles. The maximum absolute atomic E-state index is 6.20. The van der Waals surface area contributed by atoms with Gasteiger partial charge in [0.15, 0.2) is 0 Å². The molecule has 0 radical (unpaired) electrons. The fourth-order valence-electron chi connectivity index (χ4n) is 4.30. The van der Waals surface area contributed by atoms with Gasteiger partial charge in [0.25, 0.3) is 0 Å². The van der Waals surface area contributed by atoms with Crippen molar-refractivity contribution in [3.8, 4) is 0 Å². The molecule has 2 N–H and O–H groups in total. The molecule has 0 aromatic rings. The zero-order valence-electron chi connectivity index (χ0n) is 13.2. The third-order valence-corrected chi connectivity index (χ3v) is 4.98. The minimum Gasteiger partial charge on any atom is -0.329 e. The van der Waals surface area contributed by atoms with Gasteiger partial charge in [0, 0.05) is 24.4 Å². The number of nitrogens with zero attached hydrogens (tertiary/aromatic N) is 1.